The molecule has 5 nitrogen and oxygen atoms in total. The molecule has 1 aliphatic heterocycles. The van der Waals surface area contributed by atoms with E-state index in [0.29, 0.717) is 38.9 Å². The van der Waals surface area contributed by atoms with Gasteiger partial charge in [0.1, 0.15) is 0 Å². The number of hydrogen-bond acceptors (Lipinski definition) is 3. The van der Waals surface area contributed by atoms with E-state index in [9.17, 15) is 15.0 Å². The third kappa shape index (κ3) is 4.50. The second-order valence-corrected chi connectivity index (χ2v) is 6.89. The molecule has 3 N–H and O–H groups in total. The molecular formula is C20H26N2O3. The molecule has 1 saturated heterocycles. The smallest absolute Gasteiger partial charge is 0.317 e. The Kier molecular flexibility index (Phi) is 5.56. The van der Waals surface area contributed by atoms with Gasteiger partial charge in [-0.1, -0.05) is 42.5 Å². The minimum Gasteiger partial charge on any atom is -0.393 e. The number of amides is 2. The Morgan fingerprint density at radius 3 is 2.72 bits per heavy atom. The molecule has 2 aromatic carbocycles. The predicted octanol–water partition coefficient (Wildman–Crippen LogP) is 2.30. The number of likely N-dealkylation sites (tertiary alicyclic amines) is 1. The summed E-state index contributed by atoms with van der Waals surface area (Å²) < 4.78 is 0. The summed E-state index contributed by atoms with van der Waals surface area (Å²) in [4.78, 5) is 14.1. The van der Waals surface area contributed by atoms with Crippen LogP contribution in [0.3, 0.4) is 0 Å². The molecule has 134 valence electrons. The van der Waals surface area contributed by atoms with Gasteiger partial charge < -0.3 is 20.4 Å². The summed E-state index contributed by atoms with van der Waals surface area (Å²) in [6.45, 7) is 1.42. The van der Waals surface area contributed by atoms with Crippen LogP contribution in [0.25, 0.3) is 10.8 Å². The van der Waals surface area contributed by atoms with E-state index in [2.05, 4.69) is 35.6 Å². The second-order valence-electron chi connectivity index (χ2n) is 6.89. The number of rotatable bonds is 4. The molecule has 5 heteroatoms. The highest BCUT2D eigenvalue weighted by atomic mass is 16.3. The van der Waals surface area contributed by atoms with Gasteiger partial charge >= 0.3 is 6.03 Å². The van der Waals surface area contributed by atoms with Crippen LogP contribution in [-0.4, -0.2) is 53.0 Å². The Balaban J connectivity index is 1.50. The van der Waals surface area contributed by atoms with Crippen LogP contribution in [0, 0.1) is 0 Å². The molecule has 0 unspecified atom stereocenters. The van der Waals surface area contributed by atoms with Gasteiger partial charge in [-0.2, -0.15) is 0 Å². The molecule has 3 rings (SSSR count). The van der Waals surface area contributed by atoms with E-state index in [1.807, 2.05) is 12.1 Å². The summed E-state index contributed by atoms with van der Waals surface area (Å²) in [5.41, 5.74) is 0.157. The number of nitrogens with one attached hydrogen (secondary N) is 1. The van der Waals surface area contributed by atoms with Crippen LogP contribution >= 0.6 is 0 Å². The average Bonchev–Trinajstić information content (AvgIpc) is 2.84. The van der Waals surface area contributed by atoms with Crippen molar-refractivity contribution >= 4 is 16.8 Å². The zero-order valence-corrected chi connectivity index (χ0v) is 14.4. The molecule has 0 bridgehead atoms. The van der Waals surface area contributed by atoms with Crippen LogP contribution in [0.15, 0.2) is 42.5 Å². The molecule has 2 aromatic rings. The Morgan fingerprint density at radius 2 is 1.92 bits per heavy atom. The van der Waals surface area contributed by atoms with E-state index in [0.717, 1.165) is 6.42 Å². The molecule has 0 saturated carbocycles. The summed E-state index contributed by atoms with van der Waals surface area (Å²) in [7, 11) is 0. The maximum Gasteiger partial charge on any atom is 0.317 e. The van der Waals surface area contributed by atoms with Gasteiger partial charge in [0.25, 0.3) is 0 Å². The van der Waals surface area contributed by atoms with Gasteiger partial charge in [-0.3, -0.25) is 0 Å². The van der Waals surface area contributed by atoms with Crippen molar-refractivity contribution in [2.24, 2.45) is 0 Å². The van der Waals surface area contributed by atoms with E-state index in [1.165, 1.54) is 16.3 Å². The fourth-order valence-electron chi connectivity index (χ4n) is 3.36. The van der Waals surface area contributed by atoms with E-state index in [4.69, 9.17) is 0 Å². The first kappa shape index (κ1) is 17.7. The zero-order valence-electron chi connectivity index (χ0n) is 14.4. The van der Waals surface area contributed by atoms with Crippen LogP contribution in [0.5, 0.6) is 0 Å². The largest absolute Gasteiger partial charge is 0.393 e. The number of benzene rings is 2. The van der Waals surface area contributed by atoms with Crippen molar-refractivity contribution in [1.29, 1.82) is 0 Å². The SMILES string of the molecule is O=C(NCCc1ccc2ccccc2c1)N1CCC[C@@](O)(CO)CC1. The van der Waals surface area contributed by atoms with E-state index in [1.54, 1.807) is 4.90 Å². The van der Waals surface area contributed by atoms with E-state index >= 15 is 0 Å². The molecule has 0 aliphatic carbocycles. The predicted molar refractivity (Wildman–Crippen MR) is 98.5 cm³/mol. The molecule has 0 spiro atoms. The summed E-state index contributed by atoms with van der Waals surface area (Å²) in [5.74, 6) is 0. The quantitative estimate of drug-likeness (QED) is 0.798. The van der Waals surface area contributed by atoms with Crippen molar-refractivity contribution in [1.82, 2.24) is 10.2 Å². The van der Waals surface area contributed by atoms with Crippen molar-refractivity contribution in [3.05, 3.63) is 48.0 Å². The number of aliphatic hydroxyl groups excluding tert-OH is 1. The number of carbonyl (C=O) groups is 1. The number of urea groups is 1. The lowest BCUT2D eigenvalue weighted by atomic mass is 9.96. The van der Waals surface area contributed by atoms with Gasteiger partial charge in [0.05, 0.1) is 12.2 Å². The molecule has 0 radical (unpaired) electrons. The Morgan fingerprint density at radius 1 is 1.12 bits per heavy atom. The maximum atomic E-state index is 12.3. The molecule has 1 heterocycles. The lowest BCUT2D eigenvalue weighted by molar-refractivity contribution is -0.0248. The lowest BCUT2D eigenvalue weighted by Gasteiger charge is -2.24. The normalized spacial score (nSPS) is 21.1. The van der Waals surface area contributed by atoms with E-state index in [-0.39, 0.29) is 12.6 Å². The Hall–Kier alpha value is -2.11. The first-order chi connectivity index (χ1) is 12.1. The van der Waals surface area contributed by atoms with Gasteiger partial charge in [-0.25, -0.2) is 4.79 Å². The number of hydrogen-bond donors (Lipinski definition) is 3. The van der Waals surface area contributed by atoms with E-state index < -0.39 is 5.60 Å². The molecule has 25 heavy (non-hydrogen) atoms. The summed E-state index contributed by atoms with van der Waals surface area (Å²) in [6, 6.07) is 14.5. The zero-order chi connectivity index (χ0) is 17.7. The van der Waals surface area contributed by atoms with Crippen LogP contribution in [-0.2, 0) is 6.42 Å². The highest BCUT2D eigenvalue weighted by molar-refractivity contribution is 5.83. The average molecular weight is 342 g/mol. The number of nitrogens with zero attached hydrogens (tertiary/aromatic N) is 1. The first-order valence-electron chi connectivity index (χ1n) is 8.93. The van der Waals surface area contributed by atoms with Crippen molar-refractivity contribution in [2.45, 2.75) is 31.3 Å². The van der Waals surface area contributed by atoms with Crippen LogP contribution < -0.4 is 5.32 Å². The molecule has 0 aromatic heterocycles. The van der Waals surface area contributed by atoms with Crippen LogP contribution in [0.1, 0.15) is 24.8 Å². The highest BCUT2D eigenvalue weighted by Gasteiger charge is 2.30. The first-order valence-corrected chi connectivity index (χ1v) is 8.93. The Bertz CT molecular complexity index is 734. The molecular weight excluding hydrogens is 316 g/mol. The summed E-state index contributed by atoms with van der Waals surface area (Å²) in [6.07, 6.45) is 2.44. The van der Waals surface area contributed by atoms with Gasteiger partial charge in [0.2, 0.25) is 0 Å². The van der Waals surface area contributed by atoms with Gasteiger partial charge in [0, 0.05) is 19.6 Å². The monoisotopic (exact) mass is 342 g/mol. The van der Waals surface area contributed by atoms with Crippen molar-refractivity contribution < 1.29 is 15.0 Å². The fourth-order valence-corrected chi connectivity index (χ4v) is 3.36. The Labute approximate surface area is 148 Å². The number of fused-ring (bicyclic) bond motifs is 1. The molecule has 2 amide bonds. The van der Waals surface area contributed by atoms with Crippen molar-refractivity contribution in [2.75, 3.05) is 26.2 Å². The summed E-state index contributed by atoms with van der Waals surface area (Å²) >= 11 is 0. The minimum atomic E-state index is -1.04. The van der Waals surface area contributed by atoms with Gasteiger partial charge in [0.15, 0.2) is 0 Å². The third-order valence-corrected chi connectivity index (χ3v) is 5.00. The number of aliphatic hydroxyl groups is 2. The molecule has 1 aliphatic rings. The van der Waals surface area contributed by atoms with Crippen molar-refractivity contribution in [3.8, 4) is 0 Å². The fraction of sp³-hybridized carbons (Fsp3) is 0.450. The lowest BCUT2D eigenvalue weighted by Crippen LogP contribution is -2.42. The number of carbonyl (C=O) groups excluding carboxylic acids is 1. The van der Waals surface area contributed by atoms with Crippen molar-refractivity contribution in [3.63, 3.8) is 0 Å². The molecule has 1 fully saturated rings. The van der Waals surface area contributed by atoms with Crippen LogP contribution in [0.2, 0.25) is 0 Å². The van der Waals surface area contributed by atoms with Gasteiger partial charge in [-0.15, -0.1) is 0 Å². The molecule has 1 atom stereocenters. The maximum absolute atomic E-state index is 12.3. The third-order valence-electron chi connectivity index (χ3n) is 5.00. The standard InChI is InChI=1S/C20H26N2O3/c23-15-20(25)9-3-12-22(13-10-20)19(24)21-11-8-16-6-7-17-4-1-2-5-18(17)14-16/h1-2,4-7,14,23,25H,3,8-13,15H2,(H,21,24)/t20-/m0/s1. The van der Waals surface area contributed by atoms with Crippen LogP contribution in [0.4, 0.5) is 4.79 Å². The highest BCUT2D eigenvalue weighted by Crippen LogP contribution is 2.21. The minimum absolute atomic E-state index is 0.0945. The second kappa shape index (κ2) is 7.85. The summed E-state index contributed by atoms with van der Waals surface area (Å²) in [5, 5.41) is 24.8. The topological polar surface area (TPSA) is 72.8 Å². The van der Waals surface area contributed by atoms with Gasteiger partial charge in [-0.05, 0) is 42.0 Å².